The number of hydrogen-bond donors (Lipinski definition) is 0. The molecular formula is C78H72F6I6O18P6+6. The normalized spacial score (nSPS) is 10.2. The van der Waals surface area contributed by atoms with Crippen LogP contribution in [0.5, 0.6) is 34.5 Å². The maximum Gasteiger partial charge on any atom is 0.540 e. The molecule has 0 saturated carbocycles. The van der Waals surface area contributed by atoms with Crippen molar-refractivity contribution in [1.82, 2.24) is 0 Å². The van der Waals surface area contributed by atoms with Gasteiger partial charge in [-0.25, -0.2) is 0 Å². The van der Waals surface area contributed by atoms with Crippen molar-refractivity contribution in [3.05, 3.63) is 370 Å². The average Bonchev–Trinajstić information content (AvgIpc) is 0.923. The first-order valence-corrected chi connectivity index (χ1v) is 50.9. The molecule has 0 N–H and O–H groups in total. The third kappa shape index (κ3) is 61.2. The highest BCUT2D eigenvalue weighted by Crippen LogP contribution is 2.12. The van der Waals surface area contributed by atoms with Crippen LogP contribution in [-0.2, 0) is 27.4 Å². The van der Waals surface area contributed by atoms with E-state index in [0.717, 1.165) is 34.5 Å². The minimum atomic E-state index is -3.62. The zero-order chi connectivity index (χ0) is 84.5. The Kier molecular flexibility index (Phi) is 63.8. The Bertz CT molecular complexity index is 3760. The Morgan fingerprint density at radius 2 is 0.254 bits per heavy atom. The molecule has 0 spiro atoms. The second-order valence-corrected chi connectivity index (χ2v) is 40.3. The minimum absolute atomic E-state index is 0.0449. The first-order chi connectivity index (χ1) is 54.7. The van der Waals surface area contributed by atoms with Gasteiger partial charge in [0.2, 0.25) is 0 Å². The van der Waals surface area contributed by atoms with Crippen LogP contribution < -0.4 is 185 Å². The summed E-state index contributed by atoms with van der Waals surface area (Å²) in [6.07, 6.45) is 0. The molecule has 0 amide bonds. The van der Waals surface area contributed by atoms with Crippen LogP contribution in [0.2, 0.25) is 0 Å². The summed E-state index contributed by atoms with van der Waals surface area (Å²) in [5.74, 6) is 5.56. The van der Waals surface area contributed by atoms with Crippen LogP contribution in [0, 0.1) is 42.8 Å². The minimum Gasteiger partial charge on any atom is -0.562 e. The van der Waals surface area contributed by atoms with Crippen LogP contribution in [-0.4, -0.2) is 42.7 Å². The van der Waals surface area contributed by atoms with Crippen LogP contribution in [0.3, 0.4) is 0 Å². The average molecular weight is 2360 g/mol. The summed E-state index contributed by atoms with van der Waals surface area (Å²) in [5.41, 5.74) is 0. The van der Waals surface area contributed by atoms with E-state index in [2.05, 4.69) is 255 Å². The molecule has 6 atom stereocenters. The number of methoxy groups -OCH3 is 6. The van der Waals surface area contributed by atoms with E-state index in [1.54, 1.807) is 42.7 Å². The molecule has 0 saturated heterocycles. The van der Waals surface area contributed by atoms with Gasteiger partial charge in [0.15, 0.2) is 42.8 Å². The van der Waals surface area contributed by atoms with Gasteiger partial charge in [-0.2, -0.15) is 0 Å². The maximum atomic E-state index is 9.95. The van der Waals surface area contributed by atoms with E-state index in [1.807, 2.05) is 72.8 Å². The van der Waals surface area contributed by atoms with Crippen molar-refractivity contribution in [3.8, 4) is 34.5 Å². The molecule has 0 aromatic heterocycles. The predicted octanol–water partition coefficient (Wildman–Crippen LogP) is -1.22. The van der Waals surface area contributed by atoms with Crippen molar-refractivity contribution < 1.29 is 238 Å². The molecule has 0 heterocycles. The molecule has 0 aliphatic heterocycles. The van der Waals surface area contributed by atoms with Crippen LogP contribution >= 0.6 is 50.0 Å². The molecule has 114 heavy (non-hydrogen) atoms. The van der Waals surface area contributed by atoms with Gasteiger partial charge >= 0.3 is 177 Å². The van der Waals surface area contributed by atoms with Crippen molar-refractivity contribution in [2.75, 3.05) is 42.7 Å². The lowest BCUT2D eigenvalue weighted by Gasteiger charge is -1.95. The molecule has 12 aromatic rings. The molecule has 0 radical (unpaired) electrons. The maximum absolute atomic E-state index is 9.95. The lowest BCUT2D eigenvalue weighted by molar-refractivity contribution is -0.597. The standard InChI is InChI=1S/6C13H12IO.6FO2P/c6*1-15-13-9-7-12(8-10-13)14-11-5-3-2-4-6-11;6*1-4(2)3/h6*2-10H,1H3;;;;;;/q6*+1;;;;;;. The monoisotopic (exact) mass is 2360 g/mol. The second kappa shape index (κ2) is 68.8. The Balaban J connectivity index is 0.000000646. The van der Waals surface area contributed by atoms with E-state index in [0.29, 0.717) is 0 Å². The van der Waals surface area contributed by atoms with Crippen molar-refractivity contribution in [2.45, 2.75) is 0 Å². The van der Waals surface area contributed by atoms with Gasteiger partial charge in [0.25, 0.3) is 0 Å². The van der Waals surface area contributed by atoms with Gasteiger partial charge in [0, 0.05) is 0 Å². The molecule has 18 nitrogen and oxygen atoms in total. The summed E-state index contributed by atoms with van der Waals surface area (Å²) in [6, 6.07) is 114. The molecule has 0 aliphatic rings. The topological polar surface area (TPSA) is 296 Å². The van der Waals surface area contributed by atoms with Crippen molar-refractivity contribution in [2.24, 2.45) is 0 Å². The predicted molar refractivity (Wildman–Crippen MR) is 393 cm³/mol. The Morgan fingerprint density at radius 3 is 0.333 bits per heavy atom. The third-order valence-electron chi connectivity index (χ3n) is 12.0. The van der Waals surface area contributed by atoms with Crippen molar-refractivity contribution in [3.63, 3.8) is 0 Å². The zero-order valence-electron chi connectivity index (χ0n) is 60.7. The largest absolute Gasteiger partial charge is 0.562 e. The number of hydrogen-bond acceptors (Lipinski definition) is 18. The van der Waals surface area contributed by atoms with Crippen molar-refractivity contribution in [1.29, 1.82) is 0 Å². The van der Waals surface area contributed by atoms with Gasteiger partial charge in [-0.15, -0.1) is 0 Å². The molecule has 12 aromatic carbocycles. The van der Waals surface area contributed by atoms with Gasteiger partial charge in [0.05, 0.1) is 67.8 Å². The van der Waals surface area contributed by atoms with E-state index < -0.39 is 50.0 Å². The summed E-state index contributed by atoms with van der Waals surface area (Å²) in [7, 11) is -11.5. The van der Waals surface area contributed by atoms with Crippen LogP contribution in [0.15, 0.2) is 328 Å². The van der Waals surface area contributed by atoms with E-state index >= 15 is 0 Å². The number of benzene rings is 12. The van der Waals surface area contributed by atoms with E-state index in [9.17, 15) is 25.2 Å². The van der Waals surface area contributed by atoms with Gasteiger partial charge < -0.3 is 57.8 Å². The fourth-order valence-electron chi connectivity index (χ4n) is 7.42. The molecule has 600 valence electrons. The Labute approximate surface area is 727 Å². The summed E-state index contributed by atoms with van der Waals surface area (Å²) >= 11 is -0.270. The Morgan fingerprint density at radius 1 is 0.175 bits per heavy atom. The summed E-state index contributed by atoms with van der Waals surface area (Å²) in [4.78, 5) is 50.2. The lowest BCUT2D eigenvalue weighted by atomic mass is 10.3. The van der Waals surface area contributed by atoms with Crippen LogP contribution in [0.4, 0.5) is 25.2 Å². The number of ether oxygens (including phenoxy) is 6. The zero-order valence-corrected chi connectivity index (χ0v) is 79.1. The molecule has 36 heteroatoms. The third-order valence-corrected chi connectivity index (χ3v) is 28.1. The quantitative estimate of drug-likeness (QED) is 0.0553. The summed E-state index contributed by atoms with van der Waals surface area (Å²) in [6.45, 7) is 0. The molecule has 6 unspecified atom stereocenters. The smallest absolute Gasteiger partial charge is 0.540 e. The van der Waals surface area contributed by atoms with E-state index in [-0.39, 0.29) is 127 Å². The number of rotatable bonds is 18. The van der Waals surface area contributed by atoms with Gasteiger partial charge in [-0.3, -0.25) is 0 Å². The molecule has 0 aliphatic carbocycles. The van der Waals surface area contributed by atoms with Crippen LogP contribution in [0.1, 0.15) is 0 Å². The van der Waals surface area contributed by atoms with E-state index in [4.69, 9.17) is 85.2 Å². The summed E-state index contributed by atoms with van der Waals surface area (Å²) < 4.78 is 158. The molecule has 0 bridgehead atoms. The molecular weight excluding hydrogens is 2290 g/mol. The van der Waals surface area contributed by atoms with Gasteiger partial charge in [-0.05, 0) is 246 Å². The lowest BCUT2D eigenvalue weighted by Crippen LogP contribution is -3.61. The first kappa shape index (κ1) is 106. The second-order valence-electron chi connectivity index (χ2n) is 19.6. The highest BCUT2D eigenvalue weighted by atomic mass is 127. The van der Waals surface area contributed by atoms with Gasteiger partial charge in [0.1, 0.15) is 34.5 Å². The fraction of sp³-hybridized carbons (Fsp3) is 0.0769. The van der Waals surface area contributed by atoms with E-state index in [1.165, 1.54) is 42.8 Å². The SMILES string of the molecule is COc1ccc([I+]c2ccccc2)cc1.COc1ccc([I+]c2ccccc2)cc1.COc1ccc([I+]c2ccccc2)cc1.COc1ccc([I+]c2ccccc2)cc1.COc1ccc([I+]c2ccccc2)cc1.COc1ccc([I+]c2ccccc2)cc1.O=[P+]([O-])F.O=[P+]([O-])F.O=[P+]([O-])F.O=[P+]([O-])F.O=[P+]([O-])F.O=[P+]([O-])F. The number of halogens is 12. The van der Waals surface area contributed by atoms with Crippen LogP contribution in [0.25, 0.3) is 0 Å². The first-order valence-electron chi connectivity index (χ1n) is 31.5. The fourth-order valence-corrected chi connectivity index (χ4v) is 20.7. The molecule has 0 fully saturated rings. The van der Waals surface area contributed by atoms with Crippen molar-refractivity contribution >= 4 is 50.0 Å². The Hall–Kier alpha value is -6.24. The van der Waals surface area contributed by atoms with Gasteiger partial charge in [-0.1, -0.05) is 109 Å². The summed E-state index contributed by atoms with van der Waals surface area (Å²) in [5, 5.41) is 0. The molecule has 12 rings (SSSR count). The highest BCUT2D eigenvalue weighted by Gasteiger charge is 2.19. The highest BCUT2D eigenvalue weighted by molar-refractivity contribution is 7.30.